The zero-order valence-electron chi connectivity index (χ0n) is 9.95. The van der Waals surface area contributed by atoms with Crippen molar-refractivity contribution in [3.05, 3.63) is 51.7 Å². The van der Waals surface area contributed by atoms with Gasteiger partial charge in [0.2, 0.25) is 0 Å². The molecule has 0 fully saturated rings. The SMILES string of the molecule is NC(=S)c1ccc(NCCc2cccs2)c(F)c1F. The van der Waals surface area contributed by atoms with E-state index in [2.05, 4.69) is 17.5 Å². The molecule has 0 radical (unpaired) electrons. The Bertz CT molecular complexity index is 583. The van der Waals surface area contributed by atoms with Gasteiger partial charge in [-0.25, -0.2) is 8.78 Å². The minimum atomic E-state index is -1.01. The van der Waals surface area contributed by atoms with Gasteiger partial charge in [-0.1, -0.05) is 18.3 Å². The van der Waals surface area contributed by atoms with Crippen molar-refractivity contribution in [3.8, 4) is 0 Å². The van der Waals surface area contributed by atoms with Gasteiger partial charge in [-0.15, -0.1) is 11.3 Å². The summed E-state index contributed by atoms with van der Waals surface area (Å²) in [7, 11) is 0. The second-order valence-electron chi connectivity index (χ2n) is 3.91. The first-order chi connectivity index (χ1) is 9.09. The quantitative estimate of drug-likeness (QED) is 0.832. The normalized spacial score (nSPS) is 10.4. The first-order valence-electron chi connectivity index (χ1n) is 5.63. The molecule has 0 atom stereocenters. The van der Waals surface area contributed by atoms with Crippen molar-refractivity contribution in [1.82, 2.24) is 0 Å². The Hall–Kier alpha value is -1.53. The van der Waals surface area contributed by atoms with E-state index in [0.29, 0.717) is 6.54 Å². The van der Waals surface area contributed by atoms with Crippen LogP contribution in [0.4, 0.5) is 14.5 Å². The maximum atomic E-state index is 13.7. The monoisotopic (exact) mass is 298 g/mol. The fourth-order valence-electron chi connectivity index (χ4n) is 1.65. The van der Waals surface area contributed by atoms with Crippen LogP contribution in [0.25, 0.3) is 0 Å². The molecule has 0 unspecified atom stereocenters. The molecule has 0 spiro atoms. The van der Waals surface area contributed by atoms with Crippen molar-refractivity contribution in [1.29, 1.82) is 0 Å². The molecule has 100 valence electrons. The first-order valence-corrected chi connectivity index (χ1v) is 6.92. The Labute approximate surface area is 119 Å². The number of halogens is 2. The second-order valence-corrected chi connectivity index (χ2v) is 5.38. The first kappa shape index (κ1) is 13.9. The predicted molar refractivity (Wildman–Crippen MR) is 78.8 cm³/mol. The van der Waals surface area contributed by atoms with Gasteiger partial charge in [0, 0.05) is 17.0 Å². The summed E-state index contributed by atoms with van der Waals surface area (Å²) in [4.78, 5) is 1.04. The Morgan fingerprint density at radius 1 is 1.26 bits per heavy atom. The molecule has 0 aliphatic heterocycles. The van der Waals surface area contributed by atoms with Gasteiger partial charge in [0.25, 0.3) is 0 Å². The van der Waals surface area contributed by atoms with Gasteiger partial charge in [0.15, 0.2) is 11.6 Å². The molecule has 2 nitrogen and oxygen atoms in total. The molecule has 1 heterocycles. The van der Waals surface area contributed by atoms with Gasteiger partial charge in [-0.3, -0.25) is 0 Å². The number of nitrogens with two attached hydrogens (primary N) is 1. The Morgan fingerprint density at radius 3 is 2.68 bits per heavy atom. The number of hydrogen-bond acceptors (Lipinski definition) is 3. The highest BCUT2D eigenvalue weighted by Crippen LogP contribution is 2.21. The van der Waals surface area contributed by atoms with E-state index in [0.717, 1.165) is 6.42 Å². The Balaban J connectivity index is 2.05. The fraction of sp³-hybridized carbons (Fsp3) is 0.154. The van der Waals surface area contributed by atoms with Crippen molar-refractivity contribution in [2.24, 2.45) is 5.73 Å². The molecule has 0 saturated carbocycles. The van der Waals surface area contributed by atoms with E-state index in [1.165, 1.54) is 17.0 Å². The van der Waals surface area contributed by atoms with E-state index >= 15 is 0 Å². The molecule has 0 saturated heterocycles. The van der Waals surface area contributed by atoms with Crippen LogP contribution in [-0.4, -0.2) is 11.5 Å². The van der Waals surface area contributed by atoms with Crippen LogP contribution in [0.15, 0.2) is 29.6 Å². The molecule has 3 N–H and O–H groups in total. The largest absolute Gasteiger partial charge is 0.389 e. The van der Waals surface area contributed by atoms with Crippen LogP contribution < -0.4 is 11.1 Å². The van der Waals surface area contributed by atoms with Crippen LogP contribution in [0.1, 0.15) is 10.4 Å². The molecule has 0 aliphatic rings. The molecule has 0 aliphatic carbocycles. The summed E-state index contributed by atoms with van der Waals surface area (Å²) >= 11 is 6.28. The number of nitrogens with one attached hydrogen (secondary N) is 1. The van der Waals surface area contributed by atoms with Gasteiger partial charge in [0.05, 0.1) is 5.69 Å². The number of thiocarbonyl (C=S) groups is 1. The van der Waals surface area contributed by atoms with E-state index in [-0.39, 0.29) is 16.2 Å². The van der Waals surface area contributed by atoms with E-state index in [1.54, 1.807) is 11.3 Å². The Morgan fingerprint density at radius 2 is 2.05 bits per heavy atom. The predicted octanol–water partition coefficient (Wildman–Crippen LogP) is 3.32. The zero-order valence-corrected chi connectivity index (χ0v) is 11.6. The van der Waals surface area contributed by atoms with Crippen LogP contribution in [0.3, 0.4) is 0 Å². The third-order valence-electron chi connectivity index (χ3n) is 2.61. The van der Waals surface area contributed by atoms with Crippen molar-refractivity contribution in [2.75, 3.05) is 11.9 Å². The minimum Gasteiger partial charge on any atom is -0.389 e. The van der Waals surface area contributed by atoms with Crippen molar-refractivity contribution in [3.63, 3.8) is 0 Å². The molecule has 0 amide bonds. The number of hydrogen-bond donors (Lipinski definition) is 2. The van der Waals surface area contributed by atoms with Crippen molar-refractivity contribution in [2.45, 2.75) is 6.42 Å². The van der Waals surface area contributed by atoms with Gasteiger partial charge < -0.3 is 11.1 Å². The van der Waals surface area contributed by atoms with E-state index < -0.39 is 11.6 Å². The molecular formula is C13H12F2N2S2. The van der Waals surface area contributed by atoms with E-state index in [9.17, 15) is 8.78 Å². The molecule has 1 aromatic heterocycles. The maximum absolute atomic E-state index is 13.7. The van der Waals surface area contributed by atoms with E-state index in [4.69, 9.17) is 5.73 Å². The standard InChI is InChI=1S/C13H12F2N2S2/c14-11-9(13(16)18)3-4-10(12(11)15)17-6-5-8-2-1-7-19-8/h1-4,7,17H,5-6H2,(H2,16,18). The molecule has 0 bridgehead atoms. The highest BCUT2D eigenvalue weighted by molar-refractivity contribution is 7.80. The summed E-state index contributed by atoms with van der Waals surface area (Å²) in [5.41, 5.74) is 5.35. The highest BCUT2D eigenvalue weighted by Gasteiger charge is 2.14. The second kappa shape index (κ2) is 6.08. The van der Waals surface area contributed by atoms with Gasteiger partial charge in [-0.05, 0) is 30.0 Å². The third kappa shape index (κ3) is 3.27. The summed E-state index contributed by atoms with van der Waals surface area (Å²) < 4.78 is 27.4. The van der Waals surface area contributed by atoms with Crippen LogP contribution in [0.2, 0.25) is 0 Å². The van der Waals surface area contributed by atoms with Gasteiger partial charge in [0.1, 0.15) is 4.99 Å². The summed E-state index contributed by atoms with van der Waals surface area (Å²) in [5.74, 6) is -1.95. The lowest BCUT2D eigenvalue weighted by atomic mass is 10.1. The summed E-state index contributed by atoms with van der Waals surface area (Å²) in [5, 5.41) is 4.84. The fourth-order valence-corrected chi connectivity index (χ4v) is 2.52. The molecule has 2 aromatic rings. The maximum Gasteiger partial charge on any atom is 0.182 e. The van der Waals surface area contributed by atoms with Crippen molar-refractivity contribution >= 4 is 34.2 Å². The van der Waals surface area contributed by atoms with Crippen LogP contribution in [-0.2, 0) is 6.42 Å². The Kier molecular flexibility index (Phi) is 4.44. The van der Waals surface area contributed by atoms with Crippen molar-refractivity contribution < 1.29 is 8.78 Å². The van der Waals surface area contributed by atoms with Gasteiger partial charge >= 0.3 is 0 Å². The summed E-state index contributed by atoms with van der Waals surface area (Å²) in [6.45, 7) is 0.531. The minimum absolute atomic E-state index is 0.0729. The zero-order chi connectivity index (χ0) is 13.8. The number of anilines is 1. The number of thiophene rings is 1. The molecule has 19 heavy (non-hydrogen) atoms. The van der Waals surface area contributed by atoms with Crippen LogP contribution in [0.5, 0.6) is 0 Å². The van der Waals surface area contributed by atoms with Crippen LogP contribution >= 0.6 is 23.6 Å². The van der Waals surface area contributed by atoms with E-state index in [1.807, 2.05) is 17.5 Å². The average Bonchev–Trinajstić information content (AvgIpc) is 2.87. The lowest BCUT2D eigenvalue weighted by Crippen LogP contribution is -2.14. The molecular weight excluding hydrogens is 286 g/mol. The highest BCUT2D eigenvalue weighted by atomic mass is 32.1. The topological polar surface area (TPSA) is 38.0 Å². The molecule has 2 rings (SSSR count). The van der Waals surface area contributed by atoms with Gasteiger partial charge in [-0.2, -0.15) is 0 Å². The molecule has 6 heteroatoms. The number of rotatable bonds is 5. The summed E-state index contributed by atoms with van der Waals surface area (Å²) in [6.07, 6.45) is 0.760. The molecule has 1 aromatic carbocycles. The summed E-state index contributed by atoms with van der Waals surface area (Å²) in [6, 6.07) is 6.78. The lowest BCUT2D eigenvalue weighted by Gasteiger charge is -2.09. The average molecular weight is 298 g/mol. The smallest absolute Gasteiger partial charge is 0.182 e. The number of benzene rings is 1. The third-order valence-corrected chi connectivity index (χ3v) is 3.77. The lowest BCUT2D eigenvalue weighted by molar-refractivity contribution is 0.509. The van der Waals surface area contributed by atoms with Crippen LogP contribution in [0, 0.1) is 11.6 Å².